The molecule has 2 bridgehead atoms. The van der Waals surface area contributed by atoms with Crippen LogP contribution >= 0.6 is 31.7 Å². The second-order valence-electron chi connectivity index (χ2n) is 10.3. The molecule has 0 aliphatic carbocycles. The van der Waals surface area contributed by atoms with E-state index in [1.807, 2.05) is 0 Å². The first kappa shape index (κ1) is 30.0. The highest BCUT2D eigenvalue weighted by molar-refractivity contribution is 8.44. The number of nitrogens with zero attached hydrogens (tertiary/aromatic N) is 7. The Kier molecular flexibility index (Phi) is 7.69. The van der Waals surface area contributed by atoms with Gasteiger partial charge in [0.25, 0.3) is 5.56 Å². The van der Waals surface area contributed by atoms with Gasteiger partial charge in [0.1, 0.15) is 48.1 Å². The van der Waals surface area contributed by atoms with Crippen molar-refractivity contribution in [2.24, 2.45) is 0 Å². The lowest BCUT2D eigenvalue weighted by Gasteiger charge is -2.34. The van der Waals surface area contributed by atoms with Crippen LogP contribution in [-0.2, 0) is 32.6 Å². The Bertz CT molecular complexity index is 1810. The molecule has 236 valence electrons. The highest BCUT2D eigenvalue weighted by Gasteiger charge is 2.54. The van der Waals surface area contributed by atoms with Gasteiger partial charge in [0.2, 0.25) is 5.62 Å². The van der Waals surface area contributed by atoms with Crippen LogP contribution in [0.5, 0.6) is 0 Å². The number of aliphatic hydroxyl groups excluding tert-OH is 2. The lowest BCUT2D eigenvalue weighted by Crippen LogP contribution is -2.49. The number of hydrogen-bond acceptors (Lipinski definition) is 17. The number of aliphatic hydroxyl groups is 2. The lowest BCUT2D eigenvalue weighted by molar-refractivity contribution is -0.206. The van der Waals surface area contributed by atoms with Gasteiger partial charge < -0.3 is 34.9 Å². The maximum atomic E-state index is 13.5. The molecule has 7 rings (SSSR count). The molecule has 5 N–H and O–H groups in total. The molecule has 2 unspecified atom stereocenters. The van der Waals surface area contributed by atoms with E-state index in [0.717, 1.165) is 0 Å². The molecule has 4 aromatic rings. The van der Waals surface area contributed by atoms with Crippen molar-refractivity contribution in [2.45, 2.75) is 54.5 Å². The minimum Gasteiger partial charge on any atom is -0.393 e. The summed E-state index contributed by atoms with van der Waals surface area (Å²) in [6, 6.07) is 0. The fourth-order valence-corrected chi connectivity index (χ4v) is 7.30. The highest BCUT2D eigenvalue weighted by atomic mass is 32.7. The summed E-state index contributed by atoms with van der Waals surface area (Å²) in [5.41, 5.74) is 3.59. The van der Waals surface area contributed by atoms with Crippen LogP contribution in [-0.4, -0.2) is 105 Å². The molecular weight excluding hydrogens is 645 g/mol. The predicted molar refractivity (Wildman–Crippen MR) is 153 cm³/mol. The van der Waals surface area contributed by atoms with E-state index < -0.39 is 73.7 Å². The van der Waals surface area contributed by atoms with Gasteiger partial charge >= 0.3 is 6.80 Å². The minimum absolute atomic E-state index is 0.0411. The average Bonchev–Trinajstić information content (AvgIpc) is 3.76. The van der Waals surface area contributed by atoms with Crippen LogP contribution in [0.2, 0.25) is 0 Å². The zero-order valence-corrected chi connectivity index (χ0v) is 25.1. The zero-order valence-electron chi connectivity index (χ0n) is 22.4. The number of rotatable bonds is 3. The molecule has 0 amide bonds. The molecular formula is C22H26N9O10PS2. The van der Waals surface area contributed by atoms with Gasteiger partial charge in [-0.3, -0.25) is 23.0 Å². The van der Waals surface area contributed by atoms with Crippen molar-refractivity contribution < 1.29 is 42.8 Å². The van der Waals surface area contributed by atoms with Gasteiger partial charge in [0, 0.05) is 6.42 Å². The first-order valence-electron chi connectivity index (χ1n) is 13.2. The van der Waals surface area contributed by atoms with Crippen molar-refractivity contribution in [3.63, 3.8) is 0 Å². The molecule has 0 spiro atoms. The van der Waals surface area contributed by atoms with Gasteiger partial charge in [0.15, 0.2) is 23.2 Å². The topological polar surface area (TPSA) is 246 Å². The third kappa shape index (κ3) is 5.10. The first-order valence-corrected chi connectivity index (χ1v) is 16.4. The van der Waals surface area contributed by atoms with E-state index in [-0.39, 0.29) is 24.4 Å². The third-order valence-electron chi connectivity index (χ3n) is 7.73. The summed E-state index contributed by atoms with van der Waals surface area (Å²) in [6.45, 7) is -5.64. The number of imidazole rings is 2. The van der Waals surface area contributed by atoms with Crippen molar-refractivity contribution >= 4 is 59.7 Å². The third-order valence-corrected chi connectivity index (χ3v) is 9.63. The maximum absolute atomic E-state index is 13.5. The number of nitrogens with one attached hydrogen (secondary N) is 1. The summed E-state index contributed by atoms with van der Waals surface area (Å²) in [4.78, 5) is 28.7. The summed E-state index contributed by atoms with van der Waals surface area (Å²) in [5.74, 6) is 0.165. The number of anilines is 1. The molecule has 7 heterocycles. The van der Waals surface area contributed by atoms with Crippen LogP contribution in [0.25, 0.3) is 22.2 Å². The highest BCUT2D eigenvalue weighted by Crippen LogP contribution is 2.58. The SMILES string of the molecule is Nc1ncnc2c1ncn2[C@H]1C[C@@H]2OP(=O)(S)OC[C@H]3O[C@@H](n4cnc5c(=O)[nH]ncc54)[C@H](OC(S)OC[C@@]2(CO)O1)[C@@H]3O. The van der Waals surface area contributed by atoms with E-state index in [1.54, 1.807) is 4.57 Å². The van der Waals surface area contributed by atoms with Gasteiger partial charge in [-0.15, -0.1) is 12.6 Å². The average molecular weight is 672 g/mol. The quantitative estimate of drug-likeness (QED) is 0.119. The number of fused-ring (bicyclic) bond motifs is 5. The maximum Gasteiger partial charge on any atom is 0.386 e. The predicted octanol–water partition coefficient (Wildman–Crippen LogP) is -0.482. The van der Waals surface area contributed by atoms with Gasteiger partial charge in [-0.2, -0.15) is 5.10 Å². The van der Waals surface area contributed by atoms with Gasteiger partial charge in [-0.05, 0) is 0 Å². The summed E-state index contributed by atoms with van der Waals surface area (Å²) in [6.07, 6.45) is -1.11. The van der Waals surface area contributed by atoms with Crippen LogP contribution in [0.1, 0.15) is 18.9 Å². The second kappa shape index (κ2) is 11.3. The molecule has 3 aliphatic heterocycles. The van der Waals surface area contributed by atoms with Crippen LogP contribution in [0.4, 0.5) is 5.82 Å². The molecule has 22 heteroatoms. The number of aromatic nitrogens is 8. The lowest BCUT2D eigenvalue weighted by atomic mass is 9.99. The van der Waals surface area contributed by atoms with E-state index in [9.17, 15) is 19.6 Å². The number of H-pyrrole nitrogens is 1. The number of nitrogens with two attached hydrogens (primary N) is 1. The van der Waals surface area contributed by atoms with Crippen molar-refractivity contribution in [1.82, 2.24) is 39.3 Å². The summed E-state index contributed by atoms with van der Waals surface area (Å²) >= 11 is 8.56. The number of nitrogen functional groups attached to an aromatic ring is 1. The number of aromatic amines is 1. The largest absolute Gasteiger partial charge is 0.393 e. The molecule has 3 aliphatic rings. The summed E-state index contributed by atoms with van der Waals surface area (Å²) < 4.78 is 52.2. The molecule has 0 aromatic carbocycles. The standard InChI is InChI=1S/C22H26N9O10PS2/c23-17-14-18(25-6-24-17)31(8-27-14)12-1-11-22(4-32,40-12)5-36-21(43)39-16-15(33)10(3-37-42(35,44)41-11)38-20(16)30-7-26-13-9(30)2-28-29-19(13)34/h2,6-8,10-12,15-16,20-21,32-33,43H,1,3-5H2,(H,29,34)(H,35,44)(H2,23,24,25)/t10-,11+,12-,15-,16-,20-,21?,22-,42?/m1/s1. The summed E-state index contributed by atoms with van der Waals surface area (Å²) in [5, 5.41) is 27.9. The minimum atomic E-state index is -4.19. The summed E-state index contributed by atoms with van der Waals surface area (Å²) in [7, 11) is 0. The fraction of sp³-hybridized carbons (Fsp3) is 0.545. The van der Waals surface area contributed by atoms with E-state index >= 15 is 0 Å². The van der Waals surface area contributed by atoms with Crippen LogP contribution in [0.15, 0.2) is 30.0 Å². The molecule has 9 atom stereocenters. The van der Waals surface area contributed by atoms with Gasteiger partial charge in [-0.25, -0.2) is 29.6 Å². The Morgan fingerprint density at radius 1 is 1.18 bits per heavy atom. The molecule has 0 radical (unpaired) electrons. The van der Waals surface area contributed by atoms with Crippen molar-refractivity contribution in [1.29, 1.82) is 0 Å². The van der Waals surface area contributed by atoms with Crippen LogP contribution in [0, 0.1) is 0 Å². The van der Waals surface area contributed by atoms with Gasteiger partial charge in [0.05, 0.1) is 44.2 Å². The molecule has 0 saturated carbocycles. The van der Waals surface area contributed by atoms with Crippen molar-refractivity contribution in [3.8, 4) is 0 Å². The molecule has 3 saturated heterocycles. The van der Waals surface area contributed by atoms with Crippen molar-refractivity contribution in [2.75, 3.05) is 25.6 Å². The Morgan fingerprint density at radius 3 is 2.80 bits per heavy atom. The van der Waals surface area contributed by atoms with E-state index in [4.69, 9.17) is 33.7 Å². The van der Waals surface area contributed by atoms with E-state index in [1.165, 1.54) is 29.7 Å². The molecule has 19 nitrogen and oxygen atoms in total. The molecule has 3 fully saturated rings. The normalized spacial score (nSPS) is 36.6. The van der Waals surface area contributed by atoms with Gasteiger partial charge in [-0.1, -0.05) is 12.2 Å². The second-order valence-corrected chi connectivity index (χ2v) is 13.6. The smallest absolute Gasteiger partial charge is 0.386 e. The zero-order chi connectivity index (χ0) is 30.8. The number of thiol groups is 2. The van der Waals surface area contributed by atoms with E-state index in [0.29, 0.717) is 16.7 Å². The Morgan fingerprint density at radius 2 is 1.98 bits per heavy atom. The first-order chi connectivity index (χ1) is 21.1. The Hall–Kier alpha value is -2.69. The van der Waals surface area contributed by atoms with Crippen molar-refractivity contribution in [3.05, 3.63) is 35.5 Å². The molecule has 44 heavy (non-hydrogen) atoms. The monoisotopic (exact) mass is 671 g/mol. The Labute approximate surface area is 257 Å². The number of hydrogen-bond donors (Lipinski definition) is 6. The Balaban J connectivity index is 1.20. The van der Waals surface area contributed by atoms with E-state index in [2.05, 4.69) is 55.0 Å². The fourth-order valence-electron chi connectivity index (χ4n) is 5.55. The molecule has 4 aromatic heterocycles. The van der Waals surface area contributed by atoms with Crippen LogP contribution in [0.3, 0.4) is 0 Å². The van der Waals surface area contributed by atoms with Crippen LogP contribution < -0.4 is 11.3 Å². The number of ether oxygens (including phenoxy) is 4.